The van der Waals surface area contributed by atoms with Crippen LogP contribution in [-0.2, 0) is 9.53 Å². The third-order valence-corrected chi connectivity index (χ3v) is 5.86. The van der Waals surface area contributed by atoms with Gasteiger partial charge in [0, 0.05) is 31.6 Å². The van der Waals surface area contributed by atoms with Gasteiger partial charge in [-0.2, -0.15) is 0 Å². The maximum Gasteiger partial charge on any atom is 0.275 e. The van der Waals surface area contributed by atoms with E-state index in [0.717, 1.165) is 38.5 Å². The number of aromatic nitrogens is 1. The number of hydrogen-bond donors (Lipinski definition) is 0. The molecule has 0 N–H and O–H groups in total. The SMILES string of the molecule is O=C([C@H]1CC[C@H]2OCCN(C(=O)c3ncc(F)cc3F)[C@@H]2C1)N1CCCC1. The van der Waals surface area contributed by atoms with Gasteiger partial charge in [-0.15, -0.1) is 0 Å². The minimum absolute atomic E-state index is 0.146. The fourth-order valence-electron chi connectivity index (χ4n) is 4.49. The van der Waals surface area contributed by atoms with Gasteiger partial charge >= 0.3 is 0 Å². The van der Waals surface area contributed by atoms with Gasteiger partial charge in [-0.05, 0) is 32.1 Å². The molecule has 4 rings (SSSR count). The highest BCUT2D eigenvalue weighted by Gasteiger charge is 2.43. The molecule has 8 heteroatoms. The van der Waals surface area contributed by atoms with E-state index >= 15 is 0 Å². The van der Waals surface area contributed by atoms with Crippen molar-refractivity contribution in [2.45, 2.75) is 44.2 Å². The minimum Gasteiger partial charge on any atom is -0.374 e. The number of carbonyl (C=O) groups is 2. The molecule has 0 spiro atoms. The molecule has 27 heavy (non-hydrogen) atoms. The Kier molecular flexibility index (Phi) is 5.08. The molecular formula is C19H23F2N3O3. The van der Waals surface area contributed by atoms with Crippen LogP contribution in [0.3, 0.4) is 0 Å². The second-order valence-electron chi connectivity index (χ2n) is 7.50. The number of amides is 2. The number of carbonyl (C=O) groups excluding carboxylic acids is 2. The molecule has 146 valence electrons. The lowest BCUT2D eigenvalue weighted by Gasteiger charge is -2.45. The van der Waals surface area contributed by atoms with E-state index in [0.29, 0.717) is 32.1 Å². The third-order valence-electron chi connectivity index (χ3n) is 5.86. The summed E-state index contributed by atoms with van der Waals surface area (Å²) in [5.41, 5.74) is -0.384. The smallest absolute Gasteiger partial charge is 0.275 e. The third kappa shape index (κ3) is 3.54. The zero-order chi connectivity index (χ0) is 19.0. The normalized spacial score (nSPS) is 28.1. The van der Waals surface area contributed by atoms with Crippen molar-refractivity contribution in [1.29, 1.82) is 0 Å². The van der Waals surface area contributed by atoms with E-state index < -0.39 is 17.5 Å². The second kappa shape index (κ2) is 7.50. The Balaban J connectivity index is 1.52. The van der Waals surface area contributed by atoms with E-state index in [-0.39, 0.29) is 29.7 Å². The largest absolute Gasteiger partial charge is 0.374 e. The lowest BCUT2D eigenvalue weighted by molar-refractivity contribution is -0.140. The van der Waals surface area contributed by atoms with Crippen LogP contribution in [-0.4, -0.2) is 65.0 Å². The predicted octanol–water partition coefficient (Wildman–Crippen LogP) is 1.99. The second-order valence-corrected chi connectivity index (χ2v) is 7.50. The van der Waals surface area contributed by atoms with Gasteiger partial charge in [-0.1, -0.05) is 0 Å². The number of halogens is 2. The van der Waals surface area contributed by atoms with E-state index in [1.54, 1.807) is 4.90 Å². The summed E-state index contributed by atoms with van der Waals surface area (Å²) < 4.78 is 33.0. The number of pyridine rings is 1. The molecule has 2 amide bonds. The molecule has 1 aromatic heterocycles. The zero-order valence-electron chi connectivity index (χ0n) is 15.1. The van der Waals surface area contributed by atoms with Gasteiger partial charge in [0.2, 0.25) is 5.91 Å². The van der Waals surface area contributed by atoms with Gasteiger partial charge in [-0.25, -0.2) is 13.8 Å². The number of nitrogens with zero attached hydrogens (tertiary/aromatic N) is 3. The number of likely N-dealkylation sites (tertiary alicyclic amines) is 1. The molecule has 0 bridgehead atoms. The van der Waals surface area contributed by atoms with E-state index in [2.05, 4.69) is 4.98 Å². The molecule has 3 aliphatic rings. The van der Waals surface area contributed by atoms with Crippen molar-refractivity contribution in [1.82, 2.24) is 14.8 Å². The molecule has 3 atom stereocenters. The summed E-state index contributed by atoms with van der Waals surface area (Å²) in [6.07, 6.45) is 4.69. The highest BCUT2D eigenvalue weighted by atomic mass is 19.1. The first-order valence-corrected chi connectivity index (χ1v) is 9.57. The van der Waals surface area contributed by atoms with Crippen LogP contribution in [0.25, 0.3) is 0 Å². The average Bonchev–Trinajstić information content (AvgIpc) is 3.21. The number of rotatable bonds is 2. The quantitative estimate of drug-likeness (QED) is 0.789. The average molecular weight is 379 g/mol. The molecule has 0 unspecified atom stereocenters. The molecule has 6 nitrogen and oxygen atoms in total. The minimum atomic E-state index is -0.969. The first-order valence-electron chi connectivity index (χ1n) is 9.57. The van der Waals surface area contributed by atoms with Crippen LogP contribution < -0.4 is 0 Å². The molecule has 1 aromatic rings. The predicted molar refractivity (Wildman–Crippen MR) is 91.9 cm³/mol. The van der Waals surface area contributed by atoms with Gasteiger partial charge in [0.15, 0.2) is 11.5 Å². The van der Waals surface area contributed by atoms with Gasteiger partial charge in [0.25, 0.3) is 5.91 Å². The summed E-state index contributed by atoms with van der Waals surface area (Å²) in [7, 11) is 0. The van der Waals surface area contributed by atoms with Crippen molar-refractivity contribution in [3.63, 3.8) is 0 Å². The summed E-state index contributed by atoms with van der Waals surface area (Å²) in [4.78, 5) is 32.8. The summed E-state index contributed by atoms with van der Waals surface area (Å²) >= 11 is 0. The Morgan fingerprint density at radius 1 is 1.15 bits per heavy atom. The van der Waals surface area contributed by atoms with Crippen molar-refractivity contribution in [2.75, 3.05) is 26.2 Å². The highest BCUT2D eigenvalue weighted by molar-refractivity contribution is 5.93. The van der Waals surface area contributed by atoms with E-state index in [4.69, 9.17) is 4.74 Å². The summed E-state index contributed by atoms with van der Waals surface area (Å²) in [5.74, 6) is -2.36. The maximum atomic E-state index is 14.0. The van der Waals surface area contributed by atoms with Crippen molar-refractivity contribution in [3.8, 4) is 0 Å². The fourth-order valence-corrected chi connectivity index (χ4v) is 4.49. The zero-order valence-corrected chi connectivity index (χ0v) is 15.1. The molecule has 0 radical (unpaired) electrons. The summed E-state index contributed by atoms with van der Waals surface area (Å²) in [5, 5.41) is 0. The molecule has 3 heterocycles. The molecule has 3 fully saturated rings. The fraction of sp³-hybridized carbons (Fsp3) is 0.632. The molecule has 2 saturated heterocycles. The van der Waals surface area contributed by atoms with Gasteiger partial charge in [-0.3, -0.25) is 9.59 Å². The lowest BCUT2D eigenvalue weighted by Crippen LogP contribution is -2.57. The van der Waals surface area contributed by atoms with Crippen LogP contribution in [0.1, 0.15) is 42.6 Å². The lowest BCUT2D eigenvalue weighted by atomic mass is 9.81. The Labute approximate surface area is 156 Å². The van der Waals surface area contributed by atoms with Crippen LogP contribution in [0.5, 0.6) is 0 Å². The Bertz CT molecular complexity index is 739. The number of morpholine rings is 1. The standard InChI is InChI=1S/C19H23F2N3O3/c20-13-10-14(21)17(22-11-13)19(26)24-7-8-27-16-4-3-12(9-15(16)24)18(25)23-5-1-2-6-23/h10-12,15-16H,1-9H2/t12-,15+,16+/m0/s1. The van der Waals surface area contributed by atoms with E-state index in [1.807, 2.05) is 4.90 Å². The van der Waals surface area contributed by atoms with E-state index in [1.165, 1.54) is 0 Å². The summed E-state index contributed by atoms with van der Waals surface area (Å²) in [6.45, 7) is 2.27. The van der Waals surface area contributed by atoms with Crippen molar-refractivity contribution in [2.24, 2.45) is 5.92 Å². The first-order chi connectivity index (χ1) is 13.0. The van der Waals surface area contributed by atoms with Crippen LogP contribution in [0.15, 0.2) is 12.3 Å². The number of hydrogen-bond acceptors (Lipinski definition) is 4. The topological polar surface area (TPSA) is 62.7 Å². The maximum absolute atomic E-state index is 14.0. The Hall–Kier alpha value is -2.09. The Morgan fingerprint density at radius 3 is 2.67 bits per heavy atom. The number of ether oxygens (including phenoxy) is 1. The number of fused-ring (bicyclic) bond motifs is 1. The van der Waals surface area contributed by atoms with Crippen LogP contribution in [0.2, 0.25) is 0 Å². The molecule has 1 aliphatic carbocycles. The van der Waals surface area contributed by atoms with Crippen molar-refractivity contribution < 1.29 is 23.1 Å². The first kappa shape index (κ1) is 18.3. The van der Waals surface area contributed by atoms with Gasteiger partial charge in [0.05, 0.1) is 24.9 Å². The van der Waals surface area contributed by atoms with Crippen molar-refractivity contribution in [3.05, 3.63) is 29.6 Å². The van der Waals surface area contributed by atoms with Crippen LogP contribution in [0, 0.1) is 17.6 Å². The molecule has 1 saturated carbocycles. The van der Waals surface area contributed by atoms with Gasteiger partial charge in [0.1, 0.15) is 5.82 Å². The molecule has 0 aromatic carbocycles. The highest BCUT2D eigenvalue weighted by Crippen LogP contribution is 2.34. The van der Waals surface area contributed by atoms with Crippen molar-refractivity contribution >= 4 is 11.8 Å². The van der Waals surface area contributed by atoms with Gasteiger partial charge < -0.3 is 14.5 Å². The monoisotopic (exact) mass is 379 g/mol. The molecule has 2 aliphatic heterocycles. The summed E-state index contributed by atoms with van der Waals surface area (Å²) in [6, 6.07) is 0.376. The van der Waals surface area contributed by atoms with Crippen LogP contribution in [0.4, 0.5) is 8.78 Å². The van der Waals surface area contributed by atoms with E-state index in [9.17, 15) is 18.4 Å². The molecular weight excluding hydrogens is 356 g/mol. The Morgan fingerprint density at radius 2 is 1.93 bits per heavy atom. The van der Waals surface area contributed by atoms with Crippen LogP contribution >= 0.6 is 0 Å².